The molecule has 34 heavy (non-hydrogen) atoms. The number of carbonyl (C=O) groups excluding carboxylic acids is 1. The summed E-state index contributed by atoms with van der Waals surface area (Å²) in [6, 6.07) is 21.5. The second-order valence-electron chi connectivity index (χ2n) is 7.37. The van der Waals surface area contributed by atoms with Gasteiger partial charge < -0.3 is 10.1 Å². The van der Waals surface area contributed by atoms with Crippen molar-refractivity contribution in [3.8, 4) is 22.8 Å². The highest BCUT2D eigenvalue weighted by atomic mass is 79.9. The fraction of sp³-hybridized carbons (Fsp3) is 0.160. The van der Waals surface area contributed by atoms with Gasteiger partial charge in [0.05, 0.1) is 18.0 Å². The molecule has 0 spiro atoms. The van der Waals surface area contributed by atoms with Crippen molar-refractivity contribution in [2.75, 3.05) is 17.7 Å². The Morgan fingerprint density at radius 1 is 1.03 bits per heavy atom. The molecule has 1 heterocycles. The number of thioether (sulfide) groups is 1. The maximum Gasteiger partial charge on any atom is 0.234 e. The lowest BCUT2D eigenvalue weighted by molar-refractivity contribution is -0.113. The van der Waals surface area contributed by atoms with Gasteiger partial charge in [0, 0.05) is 20.2 Å². The summed E-state index contributed by atoms with van der Waals surface area (Å²) in [5.74, 6) is 1.54. The number of benzene rings is 3. The molecule has 0 radical (unpaired) electrons. The van der Waals surface area contributed by atoms with E-state index in [1.54, 1.807) is 0 Å². The van der Waals surface area contributed by atoms with Crippen molar-refractivity contribution in [3.63, 3.8) is 0 Å². The minimum Gasteiger partial charge on any atom is -0.494 e. The fourth-order valence-electron chi connectivity index (χ4n) is 3.35. The summed E-state index contributed by atoms with van der Waals surface area (Å²) >= 11 is 8.37. The van der Waals surface area contributed by atoms with Crippen LogP contribution in [0.4, 0.5) is 5.69 Å². The molecule has 1 amide bonds. The molecule has 174 valence electrons. The van der Waals surface area contributed by atoms with Crippen LogP contribution >= 0.6 is 43.6 Å². The number of aromatic nitrogens is 3. The Bertz CT molecular complexity index is 1270. The lowest BCUT2D eigenvalue weighted by Gasteiger charge is -2.12. The topological polar surface area (TPSA) is 69.0 Å². The maximum absolute atomic E-state index is 12.8. The van der Waals surface area contributed by atoms with Crippen molar-refractivity contribution in [3.05, 3.63) is 81.2 Å². The minimum atomic E-state index is -0.141. The summed E-state index contributed by atoms with van der Waals surface area (Å²) in [4.78, 5) is 12.8. The molecule has 0 saturated carbocycles. The summed E-state index contributed by atoms with van der Waals surface area (Å²) in [6.45, 7) is 4.55. The van der Waals surface area contributed by atoms with Gasteiger partial charge in [-0.3, -0.25) is 9.36 Å². The average molecular weight is 602 g/mol. The van der Waals surface area contributed by atoms with Crippen molar-refractivity contribution >= 4 is 55.2 Å². The molecular formula is C25H22Br2N4O2S. The van der Waals surface area contributed by atoms with Crippen LogP contribution in [0.15, 0.2) is 80.8 Å². The molecule has 0 fully saturated rings. The number of halogens is 2. The molecule has 0 aliphatic rings. The van der Waals surface area contributed by atoms with Crippen LogP contribution in [-0.2, 0) is 4.79 Å². The number of ether oxygens (including phenoxy) is 1. The third-order valence-electron chi connectivity index (χ3n) is 4.85. The Hall–Kier alpha value is -2.62. The Morgan fingerprint density at radius 3 is 2.35 bits per heavy atom. The monoisotopic (exact) mass is 600 g/mol. The quantitative estimate of drug-likeness (QED) is 0.223. The highest BCUT2D eigenvalue weighted by Gasteiger charge is 2.18. The summed E-state index contributed by atoms with van der Waals surface area (Å²) in [6.07, 6.45) is 0. The highest BCUT2D eigenvalue weighted by Crippen LogP contribution is 2.33. The van der Waals surface area contributed by atoms with Gasteiger partial charge in [-0.1, -0.05) is 42.1 Å². The van der Waals surface area contributed by atoms with Crippen molar-refractivity contribution in [2.24, 2.45) is 0 Å². The molecule has 0 unspecified atom stereocenters. The van der Waals surface area contributed by atoms with Gasteiger partial charge in [-0.2, -0.15) is 0 Å². The van der Waals surface area contributed by atoms with Gasteiger partial charge in [0.25, 0.3) is 0 Å². The van der Waals surface area contributed by atoms with Crippen LogP contribution in [0.5, 0.6) is 5.75 Å². The number of aryl methyl sites for hydroxylation is 1. The lowest BCUT2D eigenvalue weighted by Crippen LogP contribution is -2.15. The fourth-order valence-corrected chi connectivity index (χ4v) is 5.72. The number of carbonyl (C=O) groups is 1. The molecule has 6 nitrogen and oxygen atoms in total. The number of hydrogen-bond acceptors (Lipinski definition) is 5. The maximum atomic E-state index is 12.8. The normalized spacial score (nSPS) is 10.8. The molecule has 3 aromatic carbocycles. The van der Waals surface area contributed by atoms with E-state index < -0.39 is 0 Å². The van der Waals surface area contributed by atoms with Crippen molar-refractivity contribution < 1.29 is 9.53 Å². The predicted molar refractivity (Wildman–Crippen MR) is 144 cm³/mol. The Kier molecular flexibility index (Phi) is 8.07. The first-order chi connectivity index (χ1) is 16.5. The molecule has 4 aromatic rings. The van der Waals surface area contributed by atoms with E-state index in [-0.39, 0.29) is 11.7 Å². The summed E-state index contributed by atoms with van der Waals surface area (Å²) < 4.78 is 9.18. The summed E-state index contributed by atoms with van der Waals surface area (Å²) in [7, 11) is 0. The SMILES string of the molecule is CCOc1ccc(-n2c(SCC(=O)Nc3c(Br)cc(C)cc3Br)nnc2-c2ccccc2)cc1. The summed E-state index contributed by atoms with van der Waals surface area (Å²) in [5, 5.41) is 12.4. The van der Waals surface area contributed by atoms with E-state index in [4.69, 9.17) is 4.74 Å². The lowest BCUT2D eigenvalue weighted by atomic mass is 10.2. The van der Waals surface area contributed by atoms with Gasteiger partial charge in [0.2, 0.25) is 5.91 Å². The van der Waals surface area contributed by atoms with Crippen molar-refractivity contribution in [1.82, 2.24) is 14.8 Å². The van der Waals surface area contributed by atoms with Crippen molar-refractivity contribution in [2.45, 2.75) is 19.0 Å². The molecule has 4 rings (SSSR count). The van der Waals surface area contributed by atoms with E-state index in [1.807, 2.05) is 85.1 Å². The number of rotatable bonds is 8. The van der Waals surface area contributed by atoms with Crippen LogP contribution in [0.1, 0.15) is 12.5 Å². The van der Waals surface area contributed by atoms with Crippen LogP contribution in [0.3, 0.4) is 0 Å². The van der Waals surface area contributed by atoms with Gasteiger partial charge in [0.1, 0.15) is 5.75 Å². The molecular weight excluding hydrogens is 580 g/mol. The molecule has 0 atom stereocenters. The average Bonchev–Trinajstić information content (AvgIpc) is 3.25. The van der Waals surface area contributed by atoms with Crippen molar-refractivity contribution in [1.29, 1.82) is 0 Å². The molecule has 0 saturated heterocycles. The number of anilines is 1. The molecule has 1 aromatic heterocycles. The largest absolute Gasteiger partial charge is 0.494 e. The molecule has 0 bridgehead atoms. The molecule has 0 aliphatic carbocycles. The van der Waals surface area contributed by atoms with E-state index in [2.05, 4.69) is 47.4 Å². The third-order valence-corrected chi connectivity index (χ3v) is 7.03. The zero-order valence-corrected chi connectivity index (χ0v) is 22.6. The molecule has 0 aliphatic heterocycles. The predicted octanol–water partition coefficient (Wildman–Crippen LogP) is 6.90. The summed E-state index contributed by atoms with van der Waals surface area (Å²) in [5.41, 5.74) is 3.61. The van der Waals surface area contributed by atoms with E-state index in [1.165, 1.54) is 11.8 Å². The van der Waals surface area contributed by atoms with Gasteiger partial charge >= 0.3 is 0 Å². The first-order valence-corrected chi connectivity index (χ1v) is 13.2. The van der Waals surface area contributed by atoms with E-state index in [0.717, 1.165) is 31.5 Å². The number of amides is 1. The van der Waals surface area contributed by atoms with E-state index in [0.29, 0.717) is 23.3 Å². The smallest absolute Gasteiger partial charge is 0.234 e. The van der Waals surface area contributed by atoms with Gasteiger partial charge in [-0.25, -0.2) is 0 Å². The first-order valence-electron chi connectivity index (χ1n) is 10.6. The number of hydrogen-bond donors (Lipinski definition) is 1. The highest BCUT2D eigenvalue weighted by molar-refractivity contribution is 9.11. The van der Waals surface area contributed by atoms with Gasteiger partial charge in [-0.15, -0.1) is 10.2 Å². The zero-order valence-electron chi connectivity index (χ0n) is 18.6. The van der Waals surface area contributed by atoms with Crippen LogP contribution in [0, 0.1) is 6.92 Å². The van der Waals surface area contributed by atoms with Crippen LogP contribution in [0.25, 0.3) is 17.1 Å². The van der Waals surface area contributed by atoms with E-state index in [9.17, 15) is 4.79 Å². The Labute approximate surface area is 219 Å². The van der Waals surface area contributed by atoms with Gasteiger partial charge in [-0.05, 0) is 87.7 Å². The standard InChI is InChI=1S/C25H22Br2N4O2S/c1-3-33-19-11-9-18(10-12-19)31-24(17-7-5-4-6-8-17)29-30-25(31)34-15-22(32)28-23-20(26)13-16(2)14-21(23)27/h4-14H,3,15H2,1-2H3,(H,28,32). The number of nitrogens with one attached hydrogen (secondary N) is 1. The van der Waals surface area contributed by atoms with Crippen LogP contribution in [0.2, 0.25) is 0 Å². The number of nitrogens with zero attached hydrogens (tertiary/aromatic N) is 3. The zero-order chi connectivity index (χ0) is 24.1. The van der Waals surface area contributed by atoms with Crippen LogP contribution < -0.4 is 10.1 Å². The second kappa shape index (κ2) is 11.2. The first kappa shape index (κ1) is 24.5. The second-order valence-corrected chi connectivity index (χ2v) is 10.0. The molecule has 1 N–H and O–H groups in total. The minimum absolute atomic E-state index is 0.141. The van der Waals surface area contributed by atoms with Crippen LogP contribution in [-0.4, -0.2) is 33.0 Å². The molecule has 9 heteroatoms. The third kappa shape index (κ3) is 5.71. The van der Waals surface area contributed by atoms with E-state index >= 15 is 0 Å². The Balaban J connectivity index is 1.59. The van der Waals surface area contributed by atoms with Gasteiger partial charge in [0.15, 0.2) is 11.0 Å². The Morgan fingerprint density at radius 2 is 1.71 bits per heavy atom.